The zero-order valence-corrected chi connectivity index (χ0v) is 13.0. The van der Waals surface area contributed by atoms with Crippen LogP contribution >= 0.6 is 0 Å². The minimum atomic E-state index is -1.18. The number of carbonyl (C=O) groups excluding carboxylic acids is 1. The van der Waals surface area contributed by atoms with Gasteiger partial charge in [-0.3, -0.25) is 4.90 Å². The summed E-state index contributed by atoms with van der Waals surface area (Å²) in [5.41, 5.74) is 0.336. The Hall–Kier alpha value is -1.55. The topological polar surface area (TPSA) is 43.8 Å². The van der Waals surface area contributed by atoms with Gasteiger partial charge in [0.15, 0.2) is 0 Å². The maximum atomic E-state index is 12.8. The molecule has 0 aromatic heterocycles. The lowest BCUT2D eigenvalue weighted by Crippen LogP contribution is -2.68. The van der Waals surface area contributed by atoms with E-state index in [2.05, 4.69) is 0 Å². The largest absolute Gasteiger partial charge is 0.371 e. The summed E-state index contributed by atoms with van der Waals surface area (Å²) >= 11 is 0. The lowest BCUT2D eigenvalue weighted by Gasteiger charge is -2.53. The minimum absolute atomic E-state index is 0.141. The van der Waals surface area contributed by atoms with Crippen molar-refractivity contribution in [3.8, 4) is 0 Å². The Morgan fingerprint density at radius 3 is 2.25 bits per heavy atom. The van der Waals surface area contributed by atoms with Gasteiger partial charge in [-0.05, 0) is 46.8 Å². The number of rotatable bonds is 2. The summed E-state index contributed by atoms with van der Waals surface area (Å²) in [6, 6.07) is 7.53. The molecule has 1 N–H and O–H groups in total. The van der Waals surface area contributed by atoms with E-state index in [4.69, 9.17) is 0 Å². The fourth-order valence-electron chi connectivity index (χ4n) is 3.23. The molecular formula is C16H24N2O2. The molecule has 110 valence electrons. The molecule has 0 aliphatic carbocycles. The molecule has 2 amide bonds. The Morgan fingerprint density at radius 1 is 1.20 bits per heavy atom. The number of hydrogen-bond donors (Lipinski definition) is 1. The van der Waals surface area contributed by atoms with Crippen LogP contribution in [0.15, 0.2) is 24.3 Å². The van der Waals surface area contributed by atoms with Gasteiger partial charge in [-0.2, -0.15) is 0 Å². The highest BCUT2D eigenvalue weighted by Gasteiger charge is 2.49. The Kier molecular flexibility index (Phi) is 3.54. The molecule has 1 fully saturated rings. The van der Waals surface area contributed by atoms with Crippen LogP contribution in [0.1, 0.15) is 39.7 Å². The zero-order chi connectivity index (χ0) is 15.1. The average Bonchev–Trinajstić information content (AvgIpc) is 2.29. The first kappa shape index (κ1) is 14.9. The zero-order valence-electron chi connectivity index (χ0n) is 13.0. The summed E-state index contributed by atoms with van der Waals surface area (Å²) in [5.74, 6) is 0. The van der Waals surface area contributed by atoms with Gasteiger partial charge in [-0.25, -0.2) is 4.79 Å². The summed E-state index contributed by atoms with van der Waals surface area (Å²) in [6.07, 6.45) is 0.507. The van der Waals surface area contributed by atoms with Crippen LogP contribution < -0.4 is 4.90 Å². The normalized spacial score (nSPS) is 26.0. The van der Waals surface area contributed by atoms with Crippen LogP contribution in [0.4, 0.5) is 10.5 Å². The predicted octanol–water partition coefficient (Wildman–Crippen LogP) is 3.13. The van der Waals surface area contributed by atoms with Gasteiger partial charge in [0, 0.05) is 24.2 Å². The van der Waals surface area contributed by atoms with Crippen LogP contribution in [-0.2, 0) is 0 Å². The molecule has 1 aliphatic rings. The van der Waals surface area contributed by atoms with Crippen molar-refractivity contribution in [3.05, 3.63) is 29.8 Å². The summed E-state index contributed by atoms with van der Waals surface area (Å²) in [4.78, 5) is 16.1. The van der Waals surface area contributed by atoms with E-state index in [-0.39, 0.29) is 11.6 Å². The molecular weight excluding hydrogens is 252 g/mol. The van der Waals surface area contributed by atoms with Gasteiger partial charge in [0.2, 0.25) is 0 Å². The molecule has 2 rings (SSSR count). The van der Waals surface area contributed by atoms with Gasteiger partial charge in [-0.1, -0.05) is 17.7 Å². The Labute approximate surface area is 121 Å². The van der Waals surface area contributed by atoms with E-state index >= 15 is 0 Å². The molecule has 4 heteroatoms. The van der Waals surface area contributed by atoms with E-state index < -0.39 is 5.72 Å². The van der Waals surface area contributed by atoms with E-state index in [1.807, 2.05) is 56.9 Å². The number of hydrogen-bond acceptors (Lipinski definition) is 2. The SMILES string of the molecule is CCN1C(=O)N(c2ccc(C)cc2)C(C)(O)CC1(C)C. The highest BCUT2D eigenvalue weighted by atomic mass is 16.3. The first-order valence-corrected chi connectivity index (χ1v) is 7.10. The molecule has 0 bridgehead atoms. The van der Waals surface area contributed by atoms with Gasteiger partial charge in [0.05, 0.1) is 0 Å². The number of aryl methyl sites for hydroxylation is 1. The number of benzene rings is 1. The van der Waals surface area contributed by atoms with Crippen LogP contribution in [0.25, 0.3) is 0 Å². The number of anilines is 1. The van der Waals surface area contributed by atoms with Crippen molar-refractivity contribution in [2.75, 3.05) is 11.4 Å². The van der Waals surface area contributed by atoms with Crippen LogP contribution in [0, 0.1) is 6.92 Å². The van der Waals surface area contributed by atoms with E-state index in [0.717, 1.165) is 11.3 Å². The van der Waals surface area contributed by atoms with Crippen LogP contribution in [0.2, 0.25) is 0 Å². The van der Waals surface area contributed by atoms with Gasteiger partial charge in [0.1, 0.15) is 5.72 Å². The summed E-state index contributed by atoms with van der Waals surface area (Å²) in [6.45, 7) is 10.3. The summed E-state index contributed by atoms with van der Waals surface area (Å²) in [5, 5.41) is 10.8. The first-order chi connectivity index (χ1) is 9.19. The molecule has 1 aromatic carbocycles. The van der Waals surface area contributed by atoms with Crippen molar-refractivity contribution in [2.45, 2.75) is 52.3 Å². The van der Waals surface area contributed by atoms with Crippen LogP contribution in [0.3, 0.4) is 0 Å². The third kappa shape index (κ3) is 2.40. The molecule has 0 radical (unpaired) electrons. The number of amides is 2. The Bertz CT molecular complexity index is 506. The Morgan fingerprint density at radius 2 is 1.75 bits per heavy atom. The maximum Gasteiger partial charge on any atom is 0.327 e. The fraction of sp³-hybridized carbons (Fsp3) is 0.562. The second-order valence-corrected chi connectivity index (χ2v) is 6.40. The molecule has 1 unspecified atom stereocenters. The quantitative estimate of drug-likeness (QED) is 0.902. The van der Waals surface area contributed by atoms with Crippen molar-refractivity contribution in [3.63, 3.8) is 0 Å². The number of nitrogens with zero attached hydrogens (tertiary/aromatic N) is 2. The molecule has 1 atom stereocenters. The predicted molar refractivity (Wildman–Crippen MR) is 80.8 cm³/mol. The standard InChI is InChI=1S/C16H24N2O2/c1-6-17-14(19)18(13-9-7-12(2)8-10-13)16(5,20)11-15(17,3)4/h7-10,20H,6,11H2,1-5H3. The third-order valence-corrected chi connectivity index (χ3v) is 4.01. The van der Waals surface area contributed by atoms with Crippen molar-refractivity contribution >= 4 is 11.7 Å². The van der Waals surface area contributed by atoms with Crippen LogP contribution in [0.5, 0.6) is 0 Å². The van der Waals surface area contributed by atoms with Crippen LogP contribution in [-0.4, -0.2) is 33.8 Å². The second-order valence-electron chi connectivity index (χ2n) is 6.40. The minimum Gasteiger partial charge on any atom is -0.371 e. The number of urea groups is 1. The van der Waals surface area contributed by atoms with E-state index in [0.29, 0.717) is 13.0 Å². The summed E-state index contributed by atoms with van der Waals surface area (Å²) in [7, 11) is 0. The lowest BCUT2D eigenvalue weighted by atomic mass is 9.87. The molecule has 0 spiro atoms. The average molecular weight is 276 g/mol. The Balaban J connectivity index is 2.45. The smallest absolute Gasteiger partial charge is 0.327 e. The lowest BCUT2D eigenvalue weighted by molar-refractivity contribution is -0.0238. The van der Waals surface area contributed by atoms with Crippen molar-refractivity contribution in [2.24, 2.45) is 0 Å². The van der Waals surface area contributed by atoms with E-state index in [9.17, 15) is 9.90 Å². The molecule has 1 aliphatic heterocycles. The van der Waals surface area contributed by atoms with E-state index in [1.54, 1.807) is 6.92 Å². The monoisotopic (exact) mass is 276 g/mol. The van der Waals surface area contributed by atoms with Crippen molar-refractivity contribution in [1.29, 1.82) is 0 Å². The molecule has 1 saturated heterocycles. The van der Waals surface area contributed by atoms with Gasteiger partial charge in [-0.15, -0.1) is 0 Å². The third-order valence-electron chi connectivity index (χ3n) is 4.01. The second kappa shape index (κ2) is 4.77. The summed E-state index contributed by atoms with van der Waals surface area (Å²) < 4.78 is 0. The molecule has 4 nitrogen and oxygen atoms in total. The van der Waals surface area contributed by atoms with Gasteiger partial charge >= 0.3 is 6.03 Å². The fourth-order valence-corrected chi connectivity index (χ4v) is 3.23. The molecule has 1 heterocycles. The highest BCUT2D eigenvalue weighted by molar-refractivity contribution is 5.94. The van der Waals surface area contributed by atoms with Crippen molar-refractivity contribution < 1.29 is 9.90 Å². The first-order valence-electron chi connectivity index (χ1n) is 7.10. The van der Waals surface area contributed by atoms with Gasteiger partial charge < -0.3 is 10.0 Å². The molecule has 1 aromatic rings. The number of carbonyl (C=O) groups is 1. The maximum absolute atomic E-state index is 12.8. The molecule has 0 saturated carbocycles. The van der Waals surface area contributed by atoms with E-state index in [1.165, 1.54) is 4.90 Å². The highest BCUT2D eigenvalue weighted by Crippen LogP contribution is 2.38. The van der Waals surface area contributed by atoms with Gasteiger partial charge in [0.25, 0.3) is 0 Å². The number of aliphatic hydroxyl groups is 1. The molecule has 20 heavy (non-hydrogen) atoms. The van der Waals surface area contributed by atoms with Crippen molar-refractivity contribution in [1.82, 2.24) is 4.90 Å².